The highest BCUT2D eigenvalue weighted by molar-refractivity contribution is 7.44. The quantitative estimate of drug-likeness (QED) is 0.123. The summed E-state index contributed by atoms with van der Waals surface area (Å²) in [7, 11) is -1.17. The molecule has 1 aromatic heterocycles. The minimum Gasteiger partial charge on any atom is -0.390 e. The molecule has 0 saturated heterocycles. The lowest BCUT2D eigenvalue weighted by molar-refractivity contribution is -0.464. The Morgan fingerprint density at radius 1 is 0.614 bits per heavy atom. The number of ether oxygens (including phenoxy) is 5. The predicted molar refractivity (Wildman–Crippen MR) is 175 cm³/mol. The van der Waals surface area contributed by atoms with E-state index >= 15 is 0 Å². The lowest BCUT2D eigenvalue weighted by atomic mass is 10.3. The van der Waals surface area contributed by atoms with Crippen molar-refractivity contribution in [2.24, 2.45) is 0 Å². The van der Waals surface area contributed by atoms with Crippen molar-refractivity contribution in [1.29, 1.82) is 0 Å². The molecule has 1 aromatic rings. The van der Waals surface area contributed by atoms with Crippen LogP contribution < -0.4 is 0 Å². The van der Waals surface area contributed by atoms with Gasteiger partial charge in [-0.15, -0.1) is 0 Å². The summed E-state index contributed by atoms with van der Waals surface area (Å²) >= 11 is 0. The van der Waals surface area contributed by atoms with Crippen LogP contribution in [0.3, 0.4) is 0 Å². The van der Waals surface area contributed by atoms with Gasteiger partial charge in [-0.1, -0.05) is 32.9 Å². The molecule has 0 radical (unpaired) electrons. The van der Waals surface area contributed by atoms with Gasteiger partial charge < -0.3 is 41.7 Å². The number of carbonyl (C=O) groups excluding carboxylic acids is 5. The molecule has 0 aromatic carbocycles. The molecular formula is C22H34N6O10P6. The summed E-state index contributed by atoms with van der Waals surface area (Å²) in [6.07, 6.45) is 0. The van der Waals surface area contributed by atoms with E-state index in [1.807, 2.05) is 0 Å². The highest BCUT2D eigenvalue weighted by atomic mass is 31.1. The minimum atomic E-state index is -3.51. The first-order chi connectivity index (χ1) is 20.5. The topological polar surface area (TPSA) is 212 Å². The highest BCUT2D eigenvalue weighted by Crippen LogP contribution is 2.44. The fraction of sp³-hybridized carbons (Fsp3) is 0.318. The normalized spacial score (nSPS) is 11.5. The first kappa shape index (κ1) is 38.7. The third kappa shape index (κ3) is 11.0. The second kappa shape index (κ2) is 17.8. The van der Waals surface area contributed by atoms with Gasteiger partial charge in [0.25, 0.3) is 0 Å². The number of esters is 5. The molecule has 0 amide bonds. The molecule has 1 heterocycles. The number of rotatable bonds is 12. The molecule has 4 N–H and O–H groups in total. The van der Waals surface area contributed by atoms with Crippen molar-refractivity contribution in [3.05, 3.63) is 60.8 Å². The zero-order valence-electron chi connectivity index (χ0n) is 24.5. The van der Waals surface area contributed by atoms with Crippen molar-refractivity contribution in [2.75, 3.05) is 0 Å². The van der Waals surface area contributed by atoms with Gasteiger partial charge in [-0.25, -0.2) is 28.1 Å². The summed E-state index contributed by atoms with van der Waals surface area (Å²) in [5.74, 6) is -13.1. The Bertz CT molecular complexity index is 1400. The Labute approximate surface area is 262 Å². The largest absolute Gasteiger partial charge is 0.532 e. The molecule has 5 unspecified atom stereocenters. The van der Waals surface area contributed by atoms with Crippen molar-refractivity contribution >= 4 is 80.9 Å². The summed E-state index contributed by atoms with van der Waals surface area (Å²) in [4.78, 5) is 66.2. The molecule has 0 aliphatic carbocycles. The molecule has 242 valence electrons. The van der Waals surface area contributed by atoms with E-state index in [4.69, 9.17) is 23.7 Å². The van der Waals surface area contributed by atoms with Gasteiger partial charge in [-0.05, 0) is 34.6 Å². The molecule has 0 aliphatic heterocycles. The molecule has 0 aliphatic rings. The summed E-state index contributed by atoms with van der Waals surface area (Å²) in [6.45, 7) is 23.9. The van der Waals surface area contributed by atoms with E-state index < -0.39 is 58.8 Å². The van der Waals surface area contributed by atoms with E-state index in [1.54, 1.807) is 0 Å². The zero-order chi connectivity index (χ0) is 33.7. The maximum atomic E-state index is 13.3. The number of nitrogens with zero attached hydrogens (tertiary/aromatic N) is 2. The van der Waals surface area contributed by atoms with Gasteiger partial charge in [0.1, 0.15) is 8.51 Å². The van der Waals surface area contributed by atoms with Gasteiger partial charge in [0, 0.05) is 70.4 Å². The molecular weight excluding hydrogens is 694 g/mol. The van der Waals surface area contributed by atoms with Crippen LogP contribution in [0, 0.1) is 0 Å². The van der Waals surface area contributed by atoms with Crippen LogP contribution in [0.15, 0.2) is 60.8 Å². The molecule has 0 fully saturated rings. The summed E-state index contributed by atoms with van der Waals surface area (Å²) < 4.78 is 45.6. The highest BCUT2D eigenvalue weighted by Gasteiger charge is 2.72. The predicted octanol–water partition coefficient (Wildman–Crippen LogP) is 5.29. The van der Waals surface area contributed by atoms with E-state index in [-0.39, 0.29) is 53.4 Å². The number of H-pyrrole nitrogens is 4. The number of hydrogen-bond donors (Lipinski definition) is 4. The Hall–Kier alpha value is -3.35. The van der Waals surface area contributed by atoms with Gasteiger partial charge in [0.05, 0.1) is 0 Å². The van der Waals surface area contributed by atoms with Gasteiger partial charge in [0.2, 0.25) is 0 Å². The maximum Gasteiger partial charge on any atom is 0.532 e. The van der Waals surface area contributed by atoms with Crippen LogP contribution in [-0.4, -0.2) is 62.5 Å². The molecule has 44 heavy (non-hydrogen) atoms. The fourth-order valence-corrected chi connectivity index (χ4v) is 9.00. The summed E-state index contributed by atoms with van der Waals surface area (Å²) in [5.41, 5.74) is -1.27. The molecule has 16 nitrogen and oxygen atoms in total. The number of hydrogen-bond acceptors (Lipinski definition) is 11. The summed E-state index contributed by atoms with van der Waals surface area (Å²) in [6, 6.07) is 0. The first-order valence-corrected chi connectivity index (χ1v) is 17.6. The SMILES string of the molecule is C=C(C)C(=O)OC(OC(=O)C(=C)C)(OC(=O)C(=C)C)C(OC(=O)C(=C)C)(OC(=O)C(=C)C)n1[pH][nH][pH]np[nH][pH][nH][pH][nH][pH]1. The molecule has 0 spiro atoms. The molecule has 0 saturated carbocycles. The Morgan fingerprint density at radius 3 is 1.41 bits per heavy atom. The molecule has 5 atom stereocenters. The van der Waals surface area contributed by atoms with Crippen LogP contribution in [0.4, 0.5) is 0 Å². The second-order valence-corrected chi connectivity index (χ2v) is 16.0. The number of aromatic nitrogens is 6. The lowest BCUT2D eigenvalue weighted by Crippen LogP contribution is -2.65. The lowest BCUT2D eigenvalue weighted by Gasteiger charge is -2.43. The number of carbonyl (C=O) groups is 5. The van der Waals surface area contributed by atoms with Gasteiger partial charge in [0.15, 0.2) is 0 Å². The monoisotopic (exact) mass is 728 g/mol. The van der Waals surface area contributed by atoms with Gasteiger partial charge >= 0.3 is 41.7 Å². The third-order valence-corrected chi connectivity index (χ3v) is 10.5. The zero-order valence-corrected chi connectivity index (χ0v) is 30.4. The average molecular weight is 728 g/mol. The molecule has 1 rings (SSSR count). The van der Waals surface area contributed by atoms with E-state index in [0.717, 1.165) is 4.09 Å². The smallest absolute Gasteiger partial charge is 0.390 e. The van der Waals surface area contributed by atoms with Gasteiger partial charge in [-0.2, -0.15) is 4.51 Å². The summed E-state index contributed by atoms with van der Waals surface area (Å²) in [5, 5.41) is 0. The van der Waals surface area contributed by atoms with Crippen molar-refractivity contribution in [2.45, 2.75) is 46.5 Å². The Balaban J connectivity index is 4.72. The van der Waals surface area contributed by atoms with Crippen molar-refractivity contribution in [3.8, 4) is 0 Å². The van der Waals surface area contributed by atoms with Crippen molar-refractivity contribution < 1.29 is 47.7 Å². The van der Waals surface area contributed by atoms with Crippen LogP contribution in [0.1, 0.15) is 34.6 Å². The fourth-order valence-electron chi connectivity index (χ4n) is 2.21. The Morgan fingerprint density at radius 2 is 1.00 bits per heavy atom. The van der Waals surface area contributed by atoms with Crippen LogP contribution in [0.5, 0.6) is 0 Å². The van der Waals surface area contributed by atoms with E-state index in [0.29, 0.717) is 8.51 Å². The first-order valence-electron chi connectivity index (χ1n) is 11.9. The van der Waals surface area contributed by atoms with E-state index in [9.17, 15) is 24.0 Å². The number of aromatic amines is 4. The van der Waals surface area contributed by atoms with Crippen LogP contribution in [0.2, 0.25) is 0 Å². The Kier molecular flexibility index (Phi) is 15.7. The van der Waals surface area contributed by atoms with Crippen LogP contribution in [0.25, 0.3) is 0 Å². The number of nitrogens with one attached hydrogen (secondary N) is 4. The second-order valence-electron chi connectivity index (χ2n) is 8.59. The van der Waals surface area contributed by atoms with E-state index in [2.05, 4.69) is 55.4 Å². The average Bonchev–Trinajstić information content (AvgIpc) is 2.92. The molecule has 22 heteroatoms. The molecule has 0 bridgehead atoms. The van der Waals surface area contributed by atoms with Crippen LogP contribution >= 0.6 is 51.1 Å². The van der Waals surface area contributed by atoms with Gasteiger partial charge in [-0.3, -0.25) is 0 Å². The third-order valence-electron chi connectivity index (χ3n) is 4.35. The standard InChI is InChI=1S/C22H34N6O10P6/c1-11(2)16(29)34-21(35-17(30)12(3)4,28-43-26-41-24-39-23-40-25-42-27-44-28)22(36-18(31)13(5)6,37-19(32)14(7)8)38-20(33)15(9)10/h24,26-27,39,41-44H,1,3,5,7,9H2,2,4,6,8,10H3,(H,23,25). The van der Waals surface area contributed by atoms with Crippen molar-refractivity contribution in [3.63, 3.8) is 0 Å². The van der Waals surface area contributed by atoms with E-state index in [1.165, 1.54) is 34.6 Å². The maximum absolute atomic E-state index is 13.3. The van der Waals surface area contributed by atoms with Crippen molar-refractivity contribution in [1.82, 2.24) is 26.6 Å². The minimum absolute atomic E-state index is 0.0895. The van der Waals surface area contributed by atoms with Crippen LogP contribution in [-0.2, 0) is 53.6 Å².